The molecule has 0 saturated carbocycles. The second-order valence-electron chi connectivity index (χ2n) is 4.38. The number of amides is 1. The number of carbonyl (C=O) groups is 1. The van der Waals surface area contributed by atoms with Crippen LogP contribution in [0.1, 0.15) is 32.3 Å². The van der Waals surface area contributed by atoms with Crippen LogP contribution in [0.5, 0.6) is 0 Å². The Hall–Kier alpha value is -1.42. The number of halogens is 1. The molecule has 18 heavy (non-hydrogen) atoms. The molecule has 4 heteroatoms. The first-order valence-corrected chi connectivity index (χ1v) is 6.37. The van der Waals surface area contributed by atoms with Crippen LogP contribution in [0.2, 0.25) is 0 Å². The van der Waals surface area contributed by atoms with Gasteiger partial charge < -0.3 is 10.6 Å². The van der Waals surface area contributed by atoms with E-state index in [0.717, 1.165) is 12.0 Å². The van der Waals surface area contributed by atoms with Crippen molar-refractivity contribution in [2.24, 2.45) is 5.73 Å². The van der Waals surface area contributed by atoms with Crippen LogP contribution in [0.15, 0.2) is 24.3 Å². The molecule has 1 aromatic carbocycles. The SMILES string of the molecule is CCC[C@H](N)C(=O)N(CC)Cc1cccc(F)c1. The molecular weight excluding hydrogens is 231 g/mol. The van der Waals surface area contributed by atoms with Gasteiger partial charge >= 0.3 is 0 Å². The van der Waals surface area contributed by atoms with Crippen molar-refractivity contribution in [1.82, 2.24) is 4.90 Å². The summed E-state index contributed by atoms with van der Waals surface area (Å²) in [7, 11) is 0. The lowest BCUT2D eigenvalue weighted by molar-refractivity contribution is -0.133. The molecule has 0 unspecified atom stereocenters. The summed E-state index contributed by atoms with van der Waals surface area (Å²) in [6, 6.07) is 5.84. The number of hydrogen-bond acceptors (Lipinski definition) is 2. The Balaban J connectivity index is 2.69. The van der Waals surface area contributed by atoms with Gasteiger partial charge in [-0.05, 0) is 31.0 Å². The van der Waals surface area contributed by atoms with Gasteiger partial charge in [-0.3, -0.25) is 4.79 Å². The van der Waals surface area contributed by atoms with Crippen LogP contribution in [0.4, 0.5) is 4.39 Å². The quantitative estimate of drug-likeness (QED) is 0.844. The molecule has 1 aromatic rings. The fourth-order valence-corrected chi connectivity index (χ4v) is 1.87. The minimum absolute atomic E-state index is 0.0661. The van der Waals surface area contributed by atoms with E-state index in [1.165, 1.54) is 12.1 Å². The maximum atomic E-state index is 13.1. The Morgan fingerprint density at radius 1 is 1.44 bits per heavy atom. The van der Waals surface area contributed by atoms with E-state index in [9.17, 15) is 9.18 Å². The maximum absolute atomic E-state index is 13.1. The first-order chi connectivity index (χ1) is 8.58. The third-order valence-electron chi connectivity index (χ3n) is 2.87. The largest absolute Gasteiger partial charge is 0.337 e. The molecule has 0 heterocycles. The molecule has 0 fully saturated rings. The van der Waals surface area contributed by atoms with Crippen LogP contribution in [-0.2, 0) is 11.3 Å². The average Bonchev–Trinajstić information content (AvgIpc) is 2.35. The molecule has 3 nitrogen and oxygen atoms in total. The number of nitrogens with two attached hydrogens (primary N) is 1. The molecule has 0 aromatic heterocycles. The Labute approximate surface area is 108 Å². The smallest absolute Gasteiger partial charge is 0.239 e. The summed E-state index contributed by atoms with van der Waals surface area (Å²) in [6.45, 7) is 4.88. The lowest BCUT2D eigenvalue weighted by atomic mass is 10.1. The Morgan fingerprint density at radius 3 is 2.72 bits per heavy atom. The summed E-state index contributed by atoms with van der Waals surface area (Å²) in [5.41, 5.74) is 6.61. The topological polar surface area (TPSA) is 46.3 Å². The maximum Gasteiger partial charge on any atom is 0.239 e. The minimum atomic E-state index is -0.455. The van der Waals surface area contributed by atoms with Gasteiger partial charge in [-0.25, -0.2) is 4.39 Å². The lowest BCUT2D eigenvalue weighted by Crippen LogP contribution is -2.43. The molecule has 1 atom stereocenters. The average molecular weight is 252 g/mol. The molecule has 0 aliphatic carbocycles. The van der Waals surface area contributed by atoms with Crippen LogP contribution in [-0.4, -0.2) is 23.4 Å². The van der Waals surface area contributed by atoms with Crippen molar-refractivity contribution in [2.75, 3.05) is 6.54 Å². The predicted molar refractivity (Wildman–Crippen MR) is 70.4 cm³/mol. The molecule has 100 valence electrons. The summed E-state index contributed by atoms with van der Waals surface area (Å²) in [5, 5.41) is 0. The van der Waals surface area contributed by atoms with Crippen molar-refractivity contribution in [1.29, 1.82) is 0 Å². The summed E-state index contributed by atoms with van der Waals surface area (Å²) in [6.07, 6.45) is 1.56. The zero-order chi connectivity index (χ0) is 13.5. The van der Waals surface area contributed by atoms with Crippen molar-refractivity contribution < 1.29 is 9.18 Å². The predicted octanol–water partition coefficient (Wildman–Crippen LogP) is 2.30. The van der Waals surface area contributed by atoms with Gasteiger partial charge in [0.1, 0.15) is 5.82 Å². The molecule has 0 bridgehead atoms. The second kappa shape index (κ2) is 7.11. The molecule has 1 amide bonds. The van der Waals surface area contributed by atoms with E-state index in [1.54, 1.807) is 11.0 Å². The summed E-state index contributed by atoms with van der Waals surface area (Å²) < 4.78 is 13.1. The normalized spacial score (nSPS) is 12.2. The van der Waals surface area contributed by atoms with Gasteiger partial charge in [-0.15, -0.1) is 0 Å². The Bertz CT molecular complexity index is 395. The summed E-state index contributed by atoms with van der Waals surface area (Å²) >= 11 is 0. The van der Waals surface area contributed by atoms with Gasteiger partial charge in [0.25, 0.3) is 0 Å². The monoisotopic (exact) mass is 252 g/mol. The molecule has 0 aliphatic rings. The van der Waals surface area contributed by atoms with Gasteiger partial charge in [0.2, 0.25) is 5.91 Å². The van der Waals surface area contributed by atoms with Crippen molar-refractivity contribution >= 4 is 5.91 Å². The van der Waals surface area contributed by atoms with E-state index in [4.69, 9.17) is 5.73 Å². The molecule has 2 N–H and O–H groups in total. The molecular formula is C14H21FN2O. The highest BCUT2D eigenvalue weighted by molar-refractivity contribution is 5.81. The van der Waals surface area contributed by atoms with Crippen molar-refractivity contribution in [2.45, 2.75) is 39.3 Å². The zero-order valence-corrected chi connectivity index (χ0v) is 11.0. The van der Waals surface area contributed by atoms with Crippen LogP contribution in [0.25, 0.3) is 0 Å². The first-order valence-electron chi connectivity index (χ1n) is 6.37. The van der Waals surface area contributed by atoms with Gasteiger partial charge in [0.05, 0.1) is 6.04 Å². The highest BCUT2D eigenvalue weighted by Gasteiger charge is 2.19. The summed E-state index contributed by atoms with van der Waals surface area (Å²) in [4.78, 5) is 13.7. The molecule has 0 aliphatic heterocycles. The molecule has 0 saturated heterocycles. The number of benzene rings is 1. The summed E-state index contributed by atoms with van der Waals surface area (Å²) in [5.74, 6) is -0.350. The van der Waals surface area contributed by atoms with E-state index >= 15 is 0 Å². The van der Waals surface area contributed by atoms with Crippen LogP contribution in [0, 0.1) is 5.82 Å². The minimum Gasteiger partial charge on any atom is -0.337 e. The van der Waals surface area contributed by atoms with Gasteiger partial charge in [0.15, 0.2) is 0 Å². The fraction of sp³-hybridized carbons (Fsp3) is 0.500. The van der Waals surface area contributed by atoms with Gasteiger partial charge in [-0.1, -0.05) is 25.5 Å². The third-order valence-corrected chi connectivity index (χ3v) is 2.87. The van der Waals surface area contributed by atoms with E-state index in [-0.39, 0.29) is 11.7 Å². The van der Waals surface area contributed by atoms with E-state index < -0.39 is 6.04 Å². The fourth-order valence-electron chi connectivity index (χ4n) is 1.87. The van der Waals surface area contributed by atoms with Crippen molar-refractivity contribution in [3.63, 3.8) is 0 Å². The van der Waals surface area contributed by atoms with E-state index in [0.29, 0.717) is 19.5 Å². The third kappa shape index (κ3) is 4.11. The van der Waals surface area contributed by atoms with Crippen molar-refractivity contribution in [3.8, 4) is 0 Å². The van der Waals surface area contributed by atoms with Gasteiger partial charge in [-0.2, -0.15) is 0 Å². The van der Waals surface area contributed by atoms with Crippen molar-refractivity contribution in [3.05, 3.63) is 35.6 Å². The molecule has 1 rings (SSSR count). The Morgan fingerprint density at radius 2 is 2.17 bits per heavy atom. The van der Waals surface area contributed by atoms with Crippen LogP contribution < -0.4 is 5.73 Å². The number of likely N-dealkylation sites (N-methyl/N-ethyl adjacent to an activating group) is 1. The van der Waals surface area contributed by atoms with Crippen LogP contribution in [0.3, 0.4) is 0 Å². The zero-order valence-electron chi connectivity index (χ0n) is 11.0. The van der Waals surface area contributed by atoms with E-state index in [2.05, 4.69) is 0 Å². The molecule has 0 spiro atoms. The number of rotatable bonds is 6. The lowest BCUT2D eigenvalue weighted by Gasteiger charge is -2.24. The van der Waals surface area contributed by atoms with Crippen LogP contribution >= 0.6 is 0 Å². The highest BCUT2D eigenvalue weighted by Crippen LogP contribution is 2.09. The number of hydrogen-bond donors (Lipinski definition) is 1. The number of nitrogens with zero attached hydrogens (tertiary/aromatic N) is 1. The second-order valence-corrected chi connectivity index (χ2v) is 4.38. The van der Waals surface area contributed by atoms with Gasteiger partial charge in [0, 0.05) is 13.1 Å². The van der Waals surface area contributed by atoms with E-state index in [1.807, 2.05) is 19.9 Å². The highest BCUT2D eigenvalue weighted by atomic mass is 19.1. The standard InChI is InChI=1S/C14H21FN2O/c1-3-6-13(16)14(18)17(4-2)10-11-7-5-8-12(15)9-11/h5,7-9,13H,3-4,6,10,16H2,1-2H3/t13-/m0/s1. The first kappa shape index (κ1) is 14.6. The molecule has 0 radical (unpaired) electrons. The Kier molecular flexibility index (Phi) is 5.78. The number of carbonyl (C=O) groups excluding carboxylic acids is 1.